The molecule has 0 aromatic carbocycles. The molecule has 1 unspecified atom stereocenters. The molecule has 5 heteroatoms. The van der Waals surface area contributed by atoms with Gasteiger partial charge in [-0.2, -0.15) is 0 Å². The van der Waals surface area contributed by atoms with Crippen molar-refractivity contribution in [1.82, 2.24) is 10.2 Å². The Labute approximate surface area is 115 Å². The zero-order chi connectivity index (χ0) is 14.5. The number of ketones is 1. The molecular formula is C14H26N2O3. The lowest BCUT2D eigenvalue weighted by atomic mass is 10.0. The molecule has 0 aromatic heterocycles. The standard InChI is InChI=1S/C14H26N2O3/c1-5-12(17)11-6-8-16(10-11)9-7-15-13(18)19-14(2,3)4/h11H,5-10H2,1-4H3,(H,15,18). The molecule has 0 saturated carbocycles. The number of ether oxygens (including phenoxy) is 1. The maximum Gasteiger partial charge on any atom is 0.407 e. The molecule has 1 N–H and O–H groups in total. The van der Waals surface area contributed by atoms with Gasteiger partial charge in [0.25, 0.3) is 0 Å². The summed E-state index contributed by atoms with van der Waals surface area (Å²) in [7, 11) is 0. The summed E-state index contributed by atoms with van der Waals surface area (Å²) in [5.41, 5.74) is -0.462. The Balaban J connectivity index is 2.18. The van der Waals surface area contributed by atoms with Gasteiger partial charge in [-0.05, 0) is 33.7 Å². The van der Waals surface area contributed by atoms with Crippen molar-refractivity contribution < 1.29 is 14.3 Å². The highest BCUT2D eigenvalue weighted by Crippen LogP contribution is 2.17. The van der Waals surface area contributed by atoms with Crippen LogP contribution in [0.3, 0.4) is 0 Å². The largest absolute Gasteiger partial charge is 0.444 e. The molecule has 0 bridgehead atoms. The molecule has 0 radical (unpaired) electrons. The van der Waals surface area contributed by atoms with Gasteiger partial charge in [0.15, 0.2) is 0 Å². The summed E-state index contributed by atoms with van der Waals surface area (Å²) >= 11 is 0. The molecule has 1 heterocycles. The number of nitrogens with zero attached hydrogens (tertiary/aromatic N) is 1. The Hall–Kier alpha value is -1.10. The molecule has 1 saturated heterocycles. The normalized spacial score (nSPS) is 20.3. The molecule has 1 aliphatic heterocycles. The van der Waals surface area contributed by atoms with Crippen molar-refractivity contribution in [3.63, 3.8) is 0 Å². The van der Waals surface area contributed by atoms with Crippen molar-refractivity contribution in [3.05, 3.63) is 0 Å². The highest BCUT2D eigenvalue weighted by atomic mass is 16.6. The van der Waals surface area contributed by atoms with Gasteiger partial charge in [0.2, 0.25) is 0 Å². The van der Waals surface area contributed by atoms with E-state index < -0.39 is 5.60 Å². The molecule has 1 rings (SSSR count). The van der Waals surface area contributed by atoms with E-state index >= 15 is 0 Å². The Morgan fingerprint density at radius 1 is 1.37 bits per heavy atom. The number of carbonyl (C=O) groups is 2. The third-order valence-electron chi connectivity index (χ3n) is 3.17. The Kier molecular flexibility index (Phi) is 5.79. The van der Waals surface area contributed by atoms with Crippen LogP contribution in [0.4, 0.5) is 4.79 Å². The summed E-state index contributed by atoms with van der Waals surface area (Å²) in [5.74, 6) is 0.536. The van der Waals surface area contributed by atoms with E-state index in [1.54, 1.807) is 0 Å². The highest BCUT2D eigenvalue weighted by molar-refractivity contribution is 5.81. The molecule has 0 aromatic rings. The molecular weight excluding hydrogens is 244 g/mol. The summed E-state index contributed by atoms with van der Waals surface area (Å²) in [6.45, 7) is 10.5. The first-order valence-electron chi connectivity index (χ1n) is 7.03. The third-order valence-corrected chi connectivity index (χ3v) is 3.17. The fourth-order valence-corrected chi connectivity index (χ4v) is 2.22. The molecule has 1 aliphatic rings. The highest BCUT2D eigenvalue weighted by Gasteiger charge is 2.26. The van der Waals surface area contributed by atoms with E-state index in [1.165, 1.54) is 0 Å². The number of alkyl carbamates (subject to hydrolysis) is 1. The monoisotopic (exact) mass is 270 g/mol. The van der Waals surface area contributed by atoms with Gasteiger partial charge in [0.1, 0.15) is 11.4 Å². The summed E-state index contributed by atoms with van der Waals surface area (Å²) in [5, 5.41) is 2.74. The molecule has 5 nitrogen and oxygen atoms in total. The van der Waals surface area contributed by atoms with E-state index in [1.807, 2.05) is 27.7 Å². The van der Waals surface area contributed by atoms with E-state index in [9.17, 15) is 9.59 Å². The minimum absolute atomic E-state index is 0.187. The second-order valence-electron chi connectivity index (χ2n) is 6.03. The zero-order valence-corrected chi connectivity index (χ0v) is 12.5. The average molecular weight is 270 g/mol. The minimum Gasteiger partial charge on any atom is -0.444 e. The van der Waals surface area contributed by atoms with Crippen molar-refractivity contribution in [1.29, 1.82) is 0 Å². The van der Waals surface area contributed by atoms with Crippen LogP contribution in [0.5, 0.6) is 0 Å². The number of hydrogen-bond acceptors (Lipinski definition) is 4. The van der Waals surface area contributed by atoms with Crippen molar-refractivity contribution in [2.75, 3.05) is 26.2 Å². The summed E-state index contributed by atoms with van der Waals surface area (Å²) < 4.78 is 5.16. The maximum atomic E-state index is 11.6. The second-order valence-corrected chi connectivity index (χ2v) is 6.03. The van der Waals surface area contributed by atoms with Crippen LogP contribution >= 0.6 is 0 Å². The summed E-state index contributed by atoms with van der Waals surface area (Å²) in [4.78, 5) is 25.2. The summed E-state index contributed by atoms with van der Waals surface area (Å²) in [6, 6.07) is 0. The van der Waals surface area contributed by atoms with Gasteiger partial charge in [-0.15, -0.1) is 0 Å². The molecule has 1 atom stereocenters. The first-order valence-corrected chi connectivity index (χ1v) is 7.03. The lowest BCUT2D eigenvalue weighted by molar-refractivity contribution is -0.122. The van der Waals surface area contributed by atoms with Crippen LogP contribution in [-0.4, -0.2) is 48.6 Å². The molecule has 0 aliphatic carbocycles. The number of likely N-dealkylation sites (tertiary alicyclic amines) is 1. The van der Waals surface area contributed by atoms with Gasteiger partial charge in [0.05, 0.1) is 0 Å². The number of amides is 1. The Morgan fingerprint density at radius 2 is 2.05 bits per heavy atom. The van der Waals surface area contributed by atoms with Crippen LogP contribution in [0.2, 0.25) is 0 Å². The van der Waals surface area contributed by atoms with E-state index in [4.69, 9.17) is 4.74 Å². The molecule has 110 valence electrons. The topological polar surface area (TPSA) is 58.6 Å². The first kappa shape index (κ1) is 16.0. The quantitative estimate of drug-likeness (QED) is 0.828. The number of Topliss-reactive ketones (excluding diaryl/α,β-unsaturated/α-hetero) is 1. The maximum absolute atomic E-state index is 11.6. The lowest BCUT2D eigenvalue weighted by Gasteiger charge is -2.21. The number of nitrogens with one attached hydrogen (secondary N) is 1. The fourth-order valence-electron chi connectivity index (χ4n) is 2.22. The third kappa shape index (κ3) is 6.05. The lowest BCUT2D eigenvalue weighted by Crippen LogP contribution is -2.37. The van der Waals surface area contributed by atoms with E-state index in [0.29, 0.717) is 18.7 Å². The molecule has 0 spiro atoms. The van der Waals surface area contributed by atoms with Gasteiger partial charge < -0.3 is 15.0 Å². The Bertz CT molecular complexity index is 323. The predicted molar refractivity (Wildman–Crippen MR) is 74.1 cm³/mol. The number of carbonyl (C=O) groups excluding carboxylic acids is 2. The van der Waals surface area contributed by atoms with Crippen molar-refractivity contribution in [2.45, 2.75) is 46.1 Å². The minimum atomic E-state index is -0.462. The van der Waals surface area contributed by atoms with E-state index in [0.717, 1.165) is 26.1 Å². The van der Waals surface area contributed by atoms with Crippen molar-refractivity contribution in [2.24, 2.45) is 5.92 Å². The second kappa shape index (κ2) is 6.89. The fraction of sp³-hybridized carbons (Fsp3) is 0.857. The van der Waals surface area contributed by atoms with Gasteiger partial charge in [-0.1, -0.05) is 6.92 Å². The zero-order valence-electron chi connectivity index (χ0n) is 12.5. The van der Waals surface area contributed by atoms with Crippen LogP contribution in [0.1, 0.15) is 40.5 Å². The van der Waals surface area contributed by atoms with Gasteiger partial charge in [0, 0.05) is 32.0 Å². The van der Waals surface area contributed by atoms with Crippen LogP contribution in [0, 0.1) is 5.92 Å². The summed E-state index contributed by atoms with van der Waals surface area (Å²) in [6.07, 6.45) is 1.18. The molecule has 1 fully saturated rings. The van der Waals surface area contributed by atoms with Gasteiger partial charge in [-0.3, -0.25) is 4.79 Å². The van der Waals surface area contributed by atoms with Crippen LogP contribution < -0.4 is 5.32 Å². The SMILES string of the molecule is CCC(=O)C1CCN(CCNC(=O)OC(C)(C)C)C1. The molecule has 1 amide bonds. The first-order chi connectivity index (χ1) is 8.81. The van der Waals surface area contributed by atoms with Gasteiger partial charge in [-0.25, -0.2) is 4.79 Å². The van der Waals surface area contributed by atoms with Crippen LogP contribution in [-0.2, 0) is 9.53 Å². The number of rotatable bonds is 5. The smallest absolute Gasteiger partial charge is 0.407 e. The molecule has 19 heavy (non-hydrogen) atoms. The van der Waals surface area contributed by atoms with Gasteiger partial charge >= 0.3 is 6.09 Å². The van der Waals surface area contributed by atoms with Crippen molar-refractivity contribution in [3.8, 4) is 0 Å². The van der Waals surface area contributed by atoms with Crippen LogP contribution in [0.25, 0.3) is 0 Å². The van der Waals surface area contributed by atoms with Crippen molar-refractivity contribution >= 4 is 11.9 Å². The van der Waals surface area contributed by atoms with Crippen LogP contribution in [0.15, 0.2) is 0 Å². The number of hydrogen-bond donors (Lipinski definition) is 1. The van der Waals surface area contributed by atoms with E-state index in [2.05, 4.69) is 10.2 Å². The Morgan fingerprint density at radius 3 is 2.63 bits per heavy atom. The average Bonchev–Trinajstić information content (AvgIpc) is 2.74. The predicted octanol–water partition coefficient (Wildman–Crippen LogP) is 1.81. The van der Waals surface area contributed by atoms with E-state index in [-0.39, 0.29) is 12.0 Å².